The van der Waals surface area contributed by atoms with Crippen molar-refractivity contribution >= 4 is 24.3 Å². The van der Waals surface area contributed by atoms with Crippen LogP contribution in [0.15, 0.2) is 73.1 Å². The normalized spacial score (nSPS) is 11.3. The van der Waals surface area contributed by atoms with Gasteiger partial charge in [0, 0.05) is 0 Å². The molecule has 0 unspecified atom stereocenters. The monoisotopic (exact) mass is 284 g/mol. The highest BCUT2D eigenvalue weighted by molar-refractivity contribution is 5.71. The molecule has 0 aliphatic rings. The summed E-state index contributed by atoms with van der Waals surface area (Å²) in [5.41, 5.74) is 4.10. The molecule has 0 aliphatic heterocycles. The van der Waals surface area contributed by atoms with Gasteiger partial charge in [-0.25, -0.2) is 9.97 Å². The summed E-state index contributed by atoms with van der Waals surface area (Å²) < 4.78 is 0. The van der Waals surface area contributed by atoms with Crippen LogP contribution in [0.5, 0.6) is 0 Å². The lowest BCUT2D eigenvalue weighted by Crippen LogP contribution is -1.86. The Balaban J connectivity index is 1.75. The van der Waals surface area contributed by atoms with Crippen LogP contribution in [0.3, 0.4) is 0 Å². The molecule has 0 aliphatic carbocycles. The molecule has 0 fully saturated rings. The van der Waals surface area contributed by atoms with E-state index in [-0.39, 0.29) is 0 Å². The Morgan fingerprint density at radius 3 is 1.45 bits per heavy atom. The molecule has 0 amide bonds. The molecule has 3 rings (SSSR count). The quantitative estimate of drug-likeness (QED) is 0.686. The van der Waals surface area contributed by atoms with Gasteiger partial charge in [-0.15, -0.1) is 0 Å². The maximum atomic E-state index is 4.28. The molecule has 0 atom stereocenters. The van der Waals surface area contributed by atoms with Gasteiger partial charge in [0.05, 0.1) is 11.4 Å². The summed E-state index contributed by atoms with van der Waals surface area (Å²) in [5, 5.41) is 0. The lowest BCUT2D eigenvalue weighted by atomic mass is 10.2. The lowest BCUT2D eigenvalue weighted by molar-refractivity contribution is 1.14. The zero-order valence-electron chi connectivity index (χ0n) is 12.1. The molecule has 0 bridgehead atoms. The van der Waals surface area contributed by atoms with E-state index in [1.165, 1.54) is 0 Å². The number of benzene rings is 2. The van der Waals surface area contributed by atoms with Gasteiger partial charge in [-0.1, -0.05) is 72.8 Å². The van der Waals surface area contributed by atoms with E-state index in [2.05, 4.69) is 34.2 Å². The highest BCUT2D eigenvalue weighted by Crippen LogP contribution is 2.09. The van der Waals surface area contributed by atoms with Crippen LogP contribution < -0.4 is 0 Å². The van der Waals surface area contributed by atoms with Crippen molar-refractivity contribution in [3.8, 4) is 0 Å². The number of hydrogen-bond acceptors (Lipinski definition) is 2. The average Bonchev–Trinajstić information content (AvgIpc) is 2.60. The third-order valence-electron chi connectivity index (χ3n) is 3.20. The van der Waals surface area contributed by atoms with Gasteiger partial charge in [0.2, 0.25) is 0 Å². The van der Waals surface area contributed by atoms with Crippen LogP contribution in [-0.4, -0.2) is 9.97 Å². The molecule has 2 aromatic carbocycles. The predicted octanol–water partition coefficient (Wildman–Crippen LogP) is 4.82. The summed E-state index contributed by atoms with van der Waals surface area (Å²) >= 11 is 0. The van der Waals surface area contributed by atoms with Gasteiger partial charge < -0.3 is 0 Å². The Bertz CT molecular complexity index is 710. The van der Waals surface area contributed by atoms with Gasteiger partial charge in [0.15, 0.2) is 0 Å². The zero-order valence-corrected chi connectivity index (χ0v) is 12.1. The van der Waals surface area contributed by atoms with E-state index in [0.717, 1.165) is 22.5 Å². The topological polar surface area (TPSA) is 25.8 Å². The Hall–Kier alpha value is -3.00. The van der Waals surface area contributed by atoms with E-state index in [1.54, 1.807) is 6.33 Å². The summed E-state index contributed by atoms with van der Waals surface area (Å²) in [6.45, 7) is 0. The molecule has 2 nitrogen and oxygen atoms in total. The highest BCUT2D eigenvalue weighted by Gasteiger charge is 1.93. The largest absolute Gasteiger partial charge is 0.237 e. The second-order valence-corrected chi connectivity index (χ2v) is 4.86. The number of hydrogen-bond donors (Lipinski definition) is 0. The van der Waals surface area contributed by atoms with Gasteiger partial charge in [0.1, 0.15) is 6.33 Å². The van der Waals surface area contributed by atoms with Crippen molar-refractivity contribution in [3.63, 3.8) is 0 Å². The average molecular weight is 284 g/mol. The molecule has 0 spiro atoms. The summed E-state index contributed by atoms with van der Waals surface area (Å²) in [7, 11) is 0. The Morgan fingerprint density at radius 2 is 1.00 bits per heavy atom. The van der Waals surface area contributed by atoms with Crippen LogP contribution in [0.25, 0.3) is 24.3 Å². The Labute approximate surface area is 130 Å². The first-order valence-corrected chi connectivity index (χ1v) is 7.18. The fraction of sp³-hybridized carbons (Fsp3) is 0. The summed E-state index contributed by atoms with van der Waals surface area (Å²) in [5.74, 6) is 0. The van der Waals surface area contributed by atoms with Crippen molar-refractivity contribution in [2.24, 2.45) is 0 Å². The minimum absolute atomic E-state index is 0.895. The first-order chi connectivity index (χ1) is 10.9. The van der Waals surface area contributed by atoms with Crippen molar-refractivity contribution in [2.75, 3.05) is 0 Å². The van der Waals surface area contributed by atoms with Crippen molar-refractivity contribution in [1.29, 1.82) is 0 Å². The standard InChI is InChI=1S/C20H16N2/c1-3-7-17(8-4-1)11-13-19-15-20(22-16-21-19)14-12-18-9-5-2-6-10-18/h1-16H/b13-11+,14-12?. The molecule has 0 radical (unpaired) electrons. The SMILES string of the molecule is C(=Cc1cc(/C=C/c2ccccc2)ncn1)c1ccccc1. The van der Waals surface area contributed by atoms with Crippen LogP contribution in [0.2, 0.25) is 0 Å². The van der Waals surface area contributed by atoms with Gasteiger partial charge in [-0.05, 0) is 29.3 Å². The molecular weight excluding hydrogens is 268 g/mol. The first-order valence-electron chi connectivity index (χ1n) is 7.18. The number of aromatic nitrogens is 2. The van der Waals surface area contributed by atoms with E-state index in [1.807, 2.05) is 66.8 Å². The van der Waals surface area contributed by atoms with Crippen LogP contribution >= 0.6 is 0 Å². The molecule has 22 heavy (non-hydrogen) atoms. The van der Waals surface area contributed by atoms with Crippen molar-refractivity contribution in [3.05, 3.63) is 95.6 Å². The second kappa shape index (κ2) is 7.14. The fourth-order valence-electron chi connectivity index (χ4n) is 2.06. The fourth-order valence-corrected chi connectivity index (χ4v) is 2.06. The second-order valence-electron chi connectivity index (χ2n) is 4.86. The third-order valence-corrected chi connectivity index (χ3v) is 3.20. The molecule has 106 valence electrons. The van der Waals surface area contributed by atoms with E-state index < -0.39 is 0 Å². The minimum atomic E-state index is 0.895. The smallest absolute Gasteiger partial charge is 0.116 e. The molecule has 1 aromatic heterocycles. The van der Waals surface area contributed by atoms with E-state index in [9.17, 15) is 0 Å². The van der Waals surface area contributed by atoms with Crippen LogP contribution in [0.4, 0.5) is 0 Å². The first kappa shape index (κ1) is 14.0. The molecule has 1 heterocycles. The Morgan fingerprint density at radius 1 is 0.545 bits per heavy atom. The molecule has 0 N–H and O–H groups in total. The van der Waals surface area contributed by atoms with Gasteiger partial charge in [-0.2, -0.15) is 0 Å². The maximum absolute atomic E-state index is 4.28. The van der Waals surface area contributed by atoms with Gasteiger partial charge >= 0.3 is 0 Å². The molecule has 2 heteroatoms. The van der Waals surface area contributed by atoms with Gasteiger partial charge in [-0.3, -0.25) is 0 Å². The minimum Gasteiger partial charge on any atom is -0.237 e. The number of rotatable bonds is 4. The third kappa shape index (κ3) is 4.00. The molecular formula is C20H16N2. The molecule has 0 saturated heterocycles. The van der Waals surface area contributed by atoms with Crippen molar-refractivity contribution in [1.82, 2.24) is 9.97 Å². The van der Waals surface area contributed by atoms with E-state index in [0.29, 0.717) is 0 Å². The van der Waals surface area contributed by atoms with E-state index in [4.69, 9.17) is 0 Å². The van der Waals surface area contributed by atoms with Crippen LogP contribution in [0, 0.1) is 0 Å². The molecule has 3 aromatic rings. The van der Waals surface area contributed by atoms with Crippen molar-refractivity contribution < 1.29 is 0 Å². The molecule has 0 saturated carbocycles. The highest BCUT2D eigenvalue weighted by atomic mass is 14.8. The Kier molecular flexibility index (Phi) is 4.53. The van der Waals surface area contributed by atoms with E-state index >= 15 is 0 Å². The predicted molar refractivity (Wildman–Crippen MR) is 92.8 cm³/mol. The van der Waals surface area contributed by atoms with Crippen molar-refractivity contribution in [2.45, 2.75) is 0 Å². The van der Waals surface area contributed by atoms with Gasteiger partial charge in [0.25, 0.3) is 0 Å². The summed E-state index contributed by atoms with van der Waals surface area (Å²) in [6, 6.07) is 22.3. The maximum Gasteiger partial charge on any atom is 0.116 e. The summed E-state index contributed by atoms with van der Waals surface area (Å²) in [4.78, 5) is 8.56. The summed E-state index contributed by atoms with van der Waals surface area (Å²) in [6.07, 6.45) is 9.68. The number of nitrogens with zero attached hydrogens (tertiary/aromatic N) is 2. The zero-order chi connectivity index (χ0) is 15.0. The van der Waals surface area contributed by atoms with Crippen LogP contribution in [-0.2, 0) is 0 Å². The lowest BCUT2D eigenvalue weighted by Gasteiger charge is -1.96. The van der Waals surface area contributed by atoms with Crippen LogP contribution in [0.1, 0.15) is 22.5 Å².